The number of rotatable bonds is 5. The summed E-state index contributed by atoms with van der Waals surface area (Å²) in [6.07, 6.45) is -6.97. The second-order valence-electron chi connectivity index (χ2n) is 4.79. The lowest BCUT2D eigenvalue weighted by molar-refractivity contribution is -0.283. The van der Waals surface area contributed by atoms with E-state index in [9.17, 15) is 22.0 Å². The summed E-state index contributed by atoms with van der Waals surface area (Å²) in [6, 6.07) is 7.69. The maximum Gasteiger partial charge on any atom is 0.453 e. The topological polar surface area (TPSA) is 27.0 Å². The molecular formula is C14H15F5N2. The highest BCUT2D eigenvalue weighted by atomic mass is 19.4. The Morgan fingerprint density at radius 2 is 1.86 bits per heavy atom. The first kappa shape index (κ1) is 17.2. The largest absolute Gasteiger partial charge is 0.453 e. The molecular weight excluding hydrogens is 291 g/mol. The Morgan fingerprint density at radius 3 is 2.33 bits per heavy atom. The summed E-state index contributed by atoms with van der Waals surface area (Å²) in [6.45, 7) is 2.65. The Labute approximate surface area is 119 Å². The zero-order chi connectivity index (χ0) is 16.3. The van der Waals surface area contributed by atoms with Gasteiger partial charge in [0.15, 0.2) is 0 Å². The molecule has 1 unspecified atom stereocenters. The highest BCUT2D eigenvalue weighted by Crippen LogP contribution is 2.38. The quantitative estimate of drug-likeness (QED) is 0.758. The summed E-state index contributed by atoms with van der Waals surface area (Å²) in [4.78, 5) is 1.24. The molecule has 0 saturated carbocycles. The van der Waals surface area contributed by atoms with Crippen molar-refractivity contribution in [2.45, 2.75) is 38.4 Å². The molecule has 0 spiro atoms. The lowest BCUT2D eigenvalue weighted by atomic mass is 10.1. The molecule has 0 aliphatic carbocycles. The third-order valence-corrected chi connectivity index (χ3v) is 3.07. The van der Waals surface area contributed by atoms with Crippen molar-refractivity contribution in [2.24, 2.45) is 0 Å². The van der Waals surface area contributed by atoms with Crippen LogP contribution >= 0.6 is 0 Å². The van der Waals surface area contributed by atoms with E-state index in [1.165, 1.54) is 11.8 Å². The van der Waals surface area contributed by atoms with E-state index < -0.39 is 31.1 Å². The molecule has 21 heavy (non-hydrogen) atoms. The molecule has 1 atom stereocenters. The van der Waals surface area contributed by atoms with E-state index in [2.05, 4.69) is 0 Å². The van der Waals surface area contributed by atoms with Crippen LogP contribution in [-0.4, -0.2) is 24.7 Å². The zero-order valence-corrected chi connectivity index (χ0v) is 11.6. The fourth-order valence-electron chi connectivity index (χ4n) is 1.83. The van der Waals surface area contributed by atoms with Crippen molar-refractivity contribution in [1.82, 2.24) is 0 Å². The molecule has 0 radical (unpaired) electrons. The van der Waals surface area contributed by atoms with Crippen molar-refractivity contribution in [3.05, 3.63) is 29.8 Å². The number of hydrogen-bond acceptors (Lipinski definition) is 2. The van der Waals surface area contributed by atoms with E-state index >= 15 is 0 Å². The lowest BCUT2D eigenvalue weighted by Crippen LogP contribution is -2.42. The molecule has 1 aromatic rings. The number of anilines is 1. The molecule has 0 aliphatic heterocycles. The van der Waals surface area contributed by atoms with Crippen LogP contribution < -0.4 is 4.90 Å². The fourth-order valence-corrected chi connectivity index (χ4v) is 1.83. The van der Waals surface area contributed by atoms with E-state index in [1.54, 1.807) is 31.2 Å². The minimum absolute atomic E-state index is 0.446. The first-order valence-corrected chi connectivity index (χ1v) is 6.26. The monoisotopic (exact) mass is 306 g/mol. The average Bonchev–Trinajstić information content (AvgIpc) is 2.37. The van der Waals surface area contributed by atoms with Crippen LogP contribution in [0.25, 0.3) is 0 Å². The van der Waals surface area contributed by atoms with Crippen LogP contribution in [0, 0.1) is 18.3 Å². The number of aryl methyl sites for hydroxylation is 1. The van der Waals surface area contributed by atoms with Gasteiger partial charge in [0.25, 0.3) is 0 Å². The van der Waals surface area contributed by atoms with Gasteiger partial charge in [0.05, 0.1) is 6.07 Å². The molecule has 0 bridgehead atoms. The molecule has 0 heterocycles. The zero-order valence-electron chi connectivity index (χ0n) is 11.6. The molecule has 2 nitrogen and oxygen atoms in total. The van der Waals surface area contributed by atoms with Crippen molar-refractivity contribution >= 4 is 5.69 Å². The molecule has 0 N–H and O–H groups in total. The normalized spacial score (nSPS) is 13.6. The van der Waals surface area contributed by atoms with Crippen LogP contribution in [0.2, 0.25) is 0 Å². The second-order valence-corrected chi connectivity index (χ2v) is 4.79. The van der Waals surface area contributed by atoms with Gasteiger partial charge in [-0.05, 0) is 31.5 Å². The summed E-state index contributed by atoms with van der Waals surface area (Å²) in [5.74, 6) is -4.77. The molecule has 0 aromatic heterocycles. The van der Waals surface area contributed by atoms with E-state index in [4.69, 9.17) is 5.26 Å². The van der Waals surface area contributed by atoms with Gasteiger partial charge >= 0.3 is 12.1 Å². The van der Waals surface area contributed by atoms with Gasteiger partial charge in [0.1, 0.15) is 6.04 Å². The number of halogens is 5. The van der Waals surface area contributed by atoms with Crippen molar-refractivity contribution < 1.29 is 22.0 Å². The molecule has 116 valence electrons. The van der Waals surface area contributed by atoms with Gasteiger partial charge in [-0.25, -0.2) is 0 Å². The third-order valence-electron chi connectivity index (χ3n) is 3.07. The maximum absolute atomic E-state index is 13.0. The van der Waals surface area contributed by atoms with Gasteiger partial charge < -0.3 is 4.90 Å². The Kier molecular flexibility index (Phi) is 5.15. The first-order valence-electron chi connectivity index (χ1n) is 6.26. The molecule has 1 aromatic carbocycles. The number of nitriles is 1. The van der Waals surface area contributed by atoms with Gasteiger partial charge in [-0.3, -0.25) is 0 Å². The summed E-state index contributed by atoms with van der Waals surface area (Å²) in [5, 5.41) is 8.92. The first-order chi connectivity index (χ1) is 9.58. The minimum Gasteiger partial charge on any atom is -0.356 e. The van der Waals surface area contributed by atoms with Crippen LogP contribution in [0.15, 0.2) is 24.3 Å². The summed E-state index contributed by atoms with van der Waals surface area (Å²) >= 11 is 0. The minimum atomic E-state index is -5.58. The van der Waals surface area contributed by atoms with E-state index in [-0.39, 0.29) is 0 Å². The highest BCUT2D eigenvalue weighted by molar-refractivity contribution is 5.50. The van der Waals surface area contributed by atoms with Gasteiger partial charge in [0, 0.05) is 18.7 Å². The maximum atomic E-state index is 13.0. The fraction of sp³-hybridized carbons (Fsp3) is 0.500. The van der Waals surface area contributed by atoms with Crippen molar-refractivity contribution in [2.75, 3.05) is 11.4 Å². The number of alkyl halides is 5. The molecule has 0 amide bonds. The van der Waals surface area contributed by atoms with Gasteiger partial charge in [-0.2, -0.15) is 27.2 Å². The van der Waals surface area contributed by atoms with Crippen LogP contribution in [0.5, 0.6) is 0 Å². The predicted octanol–water partition coefficient (Wildman–Crippen LogP) is 4.30. The number of benzene rings is 1. The smallest absolute Gasteiger partial charge is 0.356 e. The Balaban J connectivity index is 2.94. The molecule has 1 rings (SSSR count). The van der Waals surface area contributed by atoms with E-state index in [0.29, 0.717) is 5.69 Å². The molecule has 0 aliphatic rings. The van der Waals surface area contributed by atoms with Crippen LogP contribution in [0.1, 0.15) is 18.9 Å². The Morgan fingerprint density at radius 1 is 1.24 bits per heavy atom. The van der Waals surface area contributed by atoms with Crippen molar-refractivity contribution in [1.29, 1.82) is 5.26 Å². The summed E-state index contributed by atoms with van der Waals surface area (Å²) < 4.78 is 62.6. The summed E-state index contributed by atoms with van der Waals surface area (Å²) in [7, 11) is 0. The van der Waals surface area contributed by atoms with E-state index in [0.717, 1.165) is 5.56 Å². The van der Waals surface area contributed by atoms with Crippen molar-refractivity contribution in [3.8, 4) is 6.07 Å². The average molecular weight is 306 g/mol. The van der Waals surface area contributed by atoms with Gasteiger partial charge in [-0.15, -0.1) is 0 Å². The Bertz CT molecular complexity index is 519. The third kappa shape index (κ3) is 4.31. The Hall–Kier alpha value is -1.84. The SMILES string of the molecule is Cc1cccc(N(CCC(F)(F)C(F)(F)F)C(C)C#N)c1. The molecule has 7 heteroatoms. The number of hydrogen-bond donors (Lipinski definition) is 0. The molecule has 0 saturated heterocycles. The standard InChI is InChI=1S/C14H15F5N2/c1-10-4-3-5-12(8-10)21(11(2)9-20)7-6-13(15,16)14(17,18)19/h3-5,8,11H,6-7H2,1-2H3. The van der Waals surface area contributed by atoms with Crippen molar-refractivity contribution in [3.63, 3.8) is 0 Å². The second kappa shape index (κ2) is 6.29. The van der Waals surface area contributed by atoms with Gasteiger partial charge in [-0.1, -0.05) is 12.1 Å². The highest BCUT2D eigenvalue weighted by Gasteiger charge is 2.56. The van der Waals surface area contributed by atoms with Crippen LogP contribution in [0.3, 0.4) is 0 Å². The molecule has 0 fully saturated rings. The number of nitrogens with zero attached hydrogens (tertiary/aromatic N) is 2. The van der Waals surface area contributed by atoms with E-state index in [1.807, 2.05) is 6.07 Å². The predicted molar refractivity (Wildman–Crippen MR) is 69.2 cm³/mol. The summed E-state index contributed by atoms with van der Waals surface area (Å²) in [5.41, 5.74) is 1.27. The van der Waals surface area contributed by atoms with Crippen LogP contribution in [0.4, 0.5) is 27.6 Å². The van der Waals surface area contributed by atoms with Crippen LogP contribution in [-0.2, 0) is 0 Å². The van der Waals surface area contributed by atoms with Gasteiger partial charge in [0.2, 0.25) is 0 Å². The lowest BCUT2D eigenvalue weighted by Gasteiger charge is -2.29.